The van der Waals surface area contributed by atoms with Crippen molar-refractivity contribution < 1.29 is 9.21 Å². The Hall–Kier alpha value is -2.39. The van der Waals surface area contributed by atoms with Gasteiger partial charge in [-0.25, -0.2) is 0 Å². The Morgan fingerprint density at radius 2 is 1.86 bits per heavy atom. The third-order valence-corrected chi connectivity index (χ3v) is 3.80. The Balaban J connectivity index is 1.60. The zero-order valence-electron chi connectivity index (χ0n) is 12.7. The molecule has 1 heterocycles. The van der Waals surface area contributed by atoms with Crippen LogP contribution in [0.5, 0.6) is 0 Å². The van der Waals surface area contributed by atoms with Crippen LogP contribution >= 0.6 is 0 Å². The molecule has 0 N–H and O–H groups in total. The number of hydrogen-bond donors (Lipinski definition) is 0. The van der Waals surface area contributed by atoms with Crippen molar-refractivity contribution in [2.24, 2.45) is 0 Å². The first kappa shape index (κ1) is 14.5. The number of carbonyl (C=O) groups excluding carboxylic acids is 1. The highest BCUT2D eigenvalue weighted by Crippen LogP contribution is 2.17. The molecular weight excluding hydrogens is 274 g/mol. The fourth-order valence-corrected chi connectivity index (χ4v) is 2.55. The first-order valence-electron chi connectivity index (χ1n) is 7.45. The minimum Gasteiger partial charge on any atom is -0.468 e. The molecule has 3 heteroatoms. The third kappa shape index (κ3) is 3.43. The summed E-state index contributed by atoms with van der Waals surface area (Å²) in [4.78, 5) is 14.4. The molecule has 3 aromatic rings. The lowest BCUT2D eigenvalue weighted by molar-refractivity contribution is 0.0966. The molecule has 3 nitrogen and oxygen atoms in total. The second-order valence-corrected chi connectivity index (χ2v) is 5.55. The summed E-state index contributed by atoms with van der Waals surface area (Å²) in [6.07, 6.45) is 2.18. The van der Waals surface area contributed by atoms with Crippen LogP contribution in [0.1, 0.15) is 22.5 Å². The molecule has 3 rings (SSSR count). The summed E-state index contributed by atoms with van der Waals surface area (Å²) < 4.78 is 5.32. The zero-order chi connectivity index (χ0) is 15.4. The topological polar surface area (TPSA) is 33.5 Å². The Labute approximate surface area is 130 Å². The Morgan fingerprint density at radius 1 is 1.05 bits per heavy atom. The minimum atomic E-state index is 0.178. The highest BCUT2D eigenvalue weighted by molar-refractivity contribution is 6.00. The van der Waals surface area contributed by atoms with Gasteiger partial charge in [0.2, 0.25) is 0 Å². The van der Waals surface area contributed by atoms with Gasteiger partial charge in [0.1, 0.15) is 5.76 Å². The Kier molecular flexibility index (Phi) is 4.35. The summed E-state index contributed by atoms with van der Waals surface area (Å²) in [6.45, 7) is 1.43. The average Bonchev–Trinajstić information content (AvgIpc) is 3.05. The van der Waals surface area contributed by atoms with Crippen LogP contribution in [0.25, 0.3) is 10.8 Å². The zero-order valence-corrected chi connectivity index (χ0v) is 12.7. The summed E-state index contributed by atoms with van der Waals surface area (Å²) in [5, 5.41) is 2.27. The summed E-state index contributed by atoms with van der Waals surface area (Å²) in [7, 11) is 2.00. The average molecular weight is 293 g/mol. The molecule has 0 saturated carbocycles. The van der Waals surface area contributed by atoms with Crippen molar-refractivity contribution in [3.63, 3.8) is 0 Å². The molecule has 0 atom stereocenters. The minimum absolute atomic E-state index is 0.178. The molecule has 0 fully saturated rings. The summed E-state index contributed by atoms with van der Waals surface area (Å²) >= 11 is 0. The molecule has 0 spiro atoms. The molecule has 0 amide bonds. The number of rotatable bonds is 6. The normalized spacial score (nSPS) is 11.2. The second-order valence-electron chi connectivity index (χ2n) is 5.55. The molecule has 2 aromatic carbocycles. The molecule has 0 saturated heterocycles. The van der Waals surface area contributed by atoms with Crippen LogP contribution < -0.4 is 0 Å². The van der Waals surface area contributed by atoms with Gasteiger partial charge in [-0.15, -0.1) is 0 Å². The number of ketones is 1. The molecular formula is C19H19NO2. The molecule has 0 bridgehead atoms. The number of hydrogen-bond acceptors (Lipinski definition) is 3. The van der Waals surface area contributed by atoms with Gasteiger partial charge in [0.25, 0.3) is 0 Å². The highest BCUT2D eigenvalue weighted by Gasteiger charge is 2.09. The molecule has 1 aromatic heterocycles. The lowest BCUT2D eigenvalue weighted by Gasteiger charge is -2.14. The SMILES string of the molecule is CN(CCC(=O)c1ccc2ccccc2c1)Cc1ccco1. The van der Waals surface area contributed by atoms with Crippen LogP contribution in [-0.4, -0.2) is 24.3 Å². The lowest BCUT2D eigenvalue weighted by atomic mass is 10.0. The van der Waals surface area contributed by atoms with E-state index < -0.39 is 0 Å². The van der Waals surface area contributed by atoms with Crippen LogP contribution in [0.15, 0.2) is 65.3 Å². The molecule has 112 valence electrons. The van der Waals surface area contributed by atoms with E-state index in [0.29, 0.717) is 13.0 Å². The van der Waals surface area contributed by atoms with Crippen LogP contribution in [0.4, 0.5) is 0 Å². The van der Waals surface area contributed by atoms with Crippen molar-refractivity contribution >= 4 is 16.6 Å². The van der Waals surface area contributed by atoms with E-state index in [4.69, 9.17) is 4.42 Å². The van der Waals surface area contributed by atoms with Gasteiger partial charge in [0, 0.05) is 18.5 Å². The van der Waals surface area contributed by atoms with Gasteiger partial charge in [-0.2, -0.15) is 0 Å². The van der Waals surface area contributed by atoms with Gasteiger partial charge in [0.05, 0.1) is 12.8 Å². The number of furan rings is 1. The first-order chi connectivity index (χ1) is 10.7. The van der Waals surface area contributed by atoms with E-state index in [1.54, 1.807) is 6.26 Å². The van der Waals surface area contributed by atoms with Crippen LogP contribution in [-0.2, 0) is 6.54 Å². The van der Waals surface area contributed by atoms with Gasteiger partial charge in [0.15, 0.2) is 5.78 Å². The fraction of sp³-hybridized carbons (Fsp3) is 0.211. The summed E-state index contributed by atoms with van der Waals surface area (Å²) in [6, 6.07) is 17.8. The van der Waals surface area contributed by atoms with Crippen molar-refractivity contribution in [3.8, 4) is 0 Å². The monoisotopic (exact) mass is 293 g/mol. The molecule has 0 aliphatic heterocycles. The van der Waals surface area contributed by atoms with Gasteiger partial charge in [-0.1, -0.05) is 36.4 Å². The first-order valence-corrected chi connectivity index (χ1v) is 7.45. The van der Waals surface area contributed by atoms with Crippen LogP contribution in [0, 0.1) is 0 Å². The van der Waals surface area contributed by atoms with Crippen molar-refractivity contribution in [1.82, 2.24) is 4.90 Å². The van der Waals surface area contributed by atoms with E-state index >= 15 is 0 Å². The van der Waals surface area contributed by atoms with Crippen molar-refractivity contribution in [2.75, 3.05) is 13.6 Å². The second kappa shape index (κ2) is 6.58. The maximum absolute atomic E-state index is 12.3. The van der Waals surface area contributed by atoms with Gasteiger partial charge in [-0.05, 0) is 36.0 Å². The lowest BCUT2D eigenvalue weighted by Crippen LogP contribution is -2.21. The number of nitrogens with zero attached hydrogens (tertiary/aromatic N) is 1. The van der Waals surface area contributed by atoms with Crippen LogP contribution in [0.2, 0.25) is 0 Å². The van der Waals surface area contributed by atoms with Gasteiger partial charge >= 0.3 is 0 Å². The largest absolute Gasteiger partial charge is 0.468 e. The van der Waals surface area contributed by atoms with E-state index in [1.165, 1.54) is 0 Å². The number of Topliss-reactive ketones (excluding diaryl/α,β-unsaturated/α-hetero) is 1. The van der Waals surface area contributed by atoms with E-state index in [-0.39, 0.29) is 5.78 Å². The van der Waals surface area contributed by atoms with Crippen molar-refractivity contribution in [1.29, 1.82) is 0 Å². The van der Waals surface area contributed by atoms with Gasteiger partial charge < -0.3 is 4.42 Å². The number of fused-ring (bicyclic) bond motifs is 1. The molecule has 0 radical (unpaired) electrons. The predicted molar refractivity (Wildman–Crippen MR) is 87.9 cm³/mol. The van der Waals surface area contributed by atoms with E-state index in [0.717, 1.165) is 28.6 Å². The molecule has 22 heavy (non-hydrogen) atoms. The molecule has 0 unspecified atom stereocenters. The quantitative estimate of drug-likeness (QED) is 0.640. The smallest absolute Gasteiger partial charge is 0.164 e. The van der Waals surface area contributed by atoms with Crippen molar-refractivity contribution in [3.05, 3.63) is 72.2 Å². The maximum atomic E-state index is 12.3. The third-order valence-electron chi connectivity index (χ3n) is 3.80. The standard InChI is InChI=1S/C19H19NO2/c1-20(14-18-7-4-12-22-18)11-10-19(21)17-9-8-15-5-2-3-6-16(15)13-17/h2-9,12-13H,10-11,14H2,1H3. The number of carbonyl (C=O) groups is 1. The predicted octanol–water partition coefficient (Wildman–Crippen LogP) is 4.14. The van der Waals surface area contributed by atoms with E-state index in [1.807, 2.05) is 55.6 Å². The fourth-order valence-electron chi connectivity index (χ4n) is 2.55. The molecule has 0 aliphatic carbocycles. The Morgan fingerprint density at radius 3 is 2.64 bits per heavy atom. The highest BCUT2D eigenvalue weighted by atomic mass is 16.3. The van der Waals surface area contributed by atoms with Gasteiger partial charge in [-0.3, -0.25) is 9.69 Å². The maximum Gasteiger partial charge on any atom is 0.164 e. The summed E-state index contributed by atoms with van der Waals surface area (Å²) in [5.74, 6) is 1.10. The number of benzene rings is 2. The van der Waals surface area contributed by atoms with Crippen LogP contribution in [0.3, 0.4) is 0 Å². The van der Waals surface area contributed by atoms with Crippen molar-refractivity contribution in [2.45, 2.75) is 13.0 Å². The van der Waals surface area contributed by atoms with E-state index in [9.17, 15) is 4.79 Å². The molecule has 0 aliphatic rings. The van der Waals surface area contributed by atoms with E-state index in [2.05, 4.69) is 11.0 Å². The Bertz CT molecular complexity index is 762. The summed E-state index contributed by atoms with van der Waals surface area (Å²) in [5.41, 5.74) is 0.782.